The van der Waals surface area contributed by atoms with Crippen molar-refractivity contribution in [2.75, 3.05) is 32.8 Å². The summed E-state index contributed by atoms with van der Waals surface area (Å²) >= 11 is 0. The van der Waals surface area contributed by atoms with Crippen molar-refractivity contribution >= 4 is 5.91 Å². The number of hydrogen-bond donors (Lipinski definition) is 3. The summed E-state index contributed by atoms with van der Waals surface area (Å²) < 4.78 is 11.1. The third-order valence-electron chi connectivity index (χ3n) is 6.01. The van der Waals surface area contributed by atoms with E-state index in [-0.39, 0.29) is 37.6 Å². The number of aromatic hydroxyl groups is 2. The number of phenols is 2. The van der Waals surface area contributed by atoms with E-state index < -0.39 is 0 Å². The second-order valence-corrected chi connectivity index (χ2v) is 8.76. The van der Waals surface area contributed by atoms with Gasteiger partial charge in [-0.15, -0.1) is 0 Å². The van der Waals surface area contributed by atoms with Gasteiger partial charge in [0.1, 0.15) is 11.5 Å². The zero-order chi connectivity index (χ0) is 24.2. The van der Waals surface area contributed by atoms with E-state index in [9.17, 15) is 15.0 Å². The van der Waals surface area contributed by atoms with Crippen LogP contribution in [0.25, 0.3) is 22.5 Å². The predicted octanol–water partition coefficient (Wildman–Crippen LogP) is 4.62. The van der Waals surface area contributed by atoms with Gasteiger partial charge < -0.3 is 24.8 Å². The van der Waals surface area contributed by atoms with E-state index in [1.165, 1.54) is 6.07 Å². The van der Waals surface area contributed by atoms with Gasteiger partial charge in [-0.05, 0) is 35.6 Å². The van der Waals surface area contributed by atoms with Crippen molar-refractivity contribution < 1.29 is 27.1 Å². The van der Waals surface area contributed by atoms with Crippen molar-refractivity contribution in [3.8, 4) is 33.9 Å². The van der Waals surface area contributed by atoms with Gasteiger partial charge in [-0.1, -0.05) is 43.3 Å². The van der Waals surface area contributed by atoms with Gasteiger partial charge in [0.05, 0.1) is 24.3 Å². The molecular weight excluding hydrogens is 434 g/mol. The van der Waals surface area contributed by atoms with Crippen LogP contribution in [0.1, 0.15) is 51.2 Å². The molecule has 1 saturated heterocycles. The lowest BCUT2D eigenvalue weighted by Gasteiger charge is -2.26. The number of benzene rings is 2. The molecule has 2 aromatic carbocycles. The number of phenolic OH excluding ortho intramolecular Hbond substituents is 2. The van der Waals surface area contributed by atoms with Crippen molar-refractivity contribution in [3.05, 3.63) is 53.2 Å². The van der Waals surface area contributed by atoms with Crippen molar-refractivity contribution in [1.82, 2.24) is 15.4 Å². The number of amides is 1. The Morgan fingerprint density at radius 2 is 1.85 bits per heavy atom. The Balaban J connectivity index is 0.00000228. The van der Waals surface area contributed by atoms with Crippen molar-refractivity contribution in [2.45, 2.75) is 33.2 Å². The molecule has 0 aliphatic carbocycles. The van der Waals surface area contributed by atoms with Crippen LogP contribution >= 0.6 is 0 Å². The van der Waals surface area contributed by atoms with Crippen molar-refractivity contribution in [1.29, 1.82) is 0 Å². The van der Waals surface area contributed by atoms with E-state index in [1.807, 2.05) is 45.0 Å². The number of aromatic nitrogens is 1. The SMILES string of the molecule is CCNC(=O)c1noc(-c2cc(C(C)C)c(O)cc2O)c1-c1ccc(CN2CCOCC2)cc1.[HH].[HH]. The number of nitrogens with zero attached hydrogens (tertiary/aromatic N) is 2. The molecule has 0 bridgehead atoms. The summed E-state index contributed by atoms with van der Waals surface area (Å²) in [5.74, 6) is -0.193. The Hall–Kier alpha value is -3.36. The molecule has 3 aromatic rings. The Bertz CT molecular complexity index is 1160. The Kier molecular flexibility index (Phi) is 7.19. The minimum absolute atomic E-state index is 0. The molecule has 184 valence electrons. The molecule has 1 amide bonds. The average molecular weight is 470 g/mol. The lowest BCUT2D eigenvalue weighted by atomic mass is 9.94. The molecule has 0 radical (unpaired) electrons. The molecular formula is C26H35N3O5. The third-order valence-corrected chi connectivity index (χ3v) is 6.01. The number of ether oxygens (including phenoxy) is 1. The highest BCUT2D eigenvalue weighted by Crippen LogP contribution is 2.43. The Labute approximate surface area is 202 Å². The number of hydrogen-bond acceptors (Lipinski definition) is 7. The number of carbonyl (C=O) groups is 1. The summed E-state index contributed by atoms with van der Waals surface area (Å²) in [6.07, 6.45) is 0. The summed E-state index contributed by atoms with van der Waals surface area (Å²) in [4.78, 5) is 15.1. The van der Waals surface area contributed by atoms with Crippen LogP contribution in [-0.2, 0) is 11.3 Å². The summed E-state index contributed by atoms with van der Waals surface area (Å²) in [5.41, 5.74) is 3.59. The summed E-state index contributed by atoms with van der Waals surface area (Å²) in [7, 11) is 0. The van der Waals surface area contributed by atoms with Gasteiger partial charge in [0.25, 0.3) is 5.91 Å². The quantitative estimate of drug-likeness (QED) is 0.463. The highest BCUT2D eigenvalue weighted by Gasteiger charge is 2.27. The molecule has 0 saturated carbocycles. The lowest BCUT2D eigenvalue weighted by molar-refractivity contribution is 0.0342. The maximum Gasteiger partial charge on any atom is 0.274 e. The highest BCUT2D eigenvalue weighted by molar-refractivity contribution is 6.02. The molecule has 0 unspecified atom stereocenters. The lowest BCUT2D eigenvalue weighted by Crippen LogP contribution is -2.35. The molecule has 2 heterocycles. The van der Waals surface area contributed by atoms with Crippen LogP contribution in [0.5, 0.6) is 11.5 Å². The summed E-state index contributed by atoms with van der Waals surface area (Å²) in [6, 6.07) is 10.9. The van der Waals surface area contributed by atoms with Gasteiger partial charge in [-0.3, -0.25) is 9.69 Å². The van der Waals surface area contributed by atoms with Gasteiger partial charge in [0, 0.05) is 35.1 Å². The van der Waals surface area contributed by atoms with Crippen LogP contribution in [0.4, 0.5) is 0 Å². The maximum atomic E-state index is 12.8. The second kappa shape index (κ2) is 10.3. The molecule has 1 aliphatic heterocycles. The normalized spacial score (nSPS) is 14.5. The van der Waals surface area contributed by atoms with E-state index in [0.29, 0.717) is 23.2 Å². The van der Waals surface area contributed by atoms with Crippen LogP contribution in [0.2, 0.25) is 0 Å². The molecule has 3 N–H and O–H groups in total. The summed E-state index contributed by atoms with van der Waals surface area (Å²) in [6.45, 7) is 10.3. The largest absolute Gasteiger partial charge is 0.508 e. The fourth-order valence-electron chi connectivity index (χ4n) is 4.17. The molecule has 1 aromatic heterocycles. The first-order valence-electron chi connectivity index (χ1n) is 11.6. The van der Waals surface area contributed by atoms with E-state index in [1.54, 1.807) is 6.07 Å². The molecule has 0 atom stereocenters. The van der Waals surface area contributed by atoms with Crippen LogP contribution in [0.15, 0.2) is 40.9 Å². The Morgan fingerprint density at radius 1 is 1.15 bits per heavy atom. The van der Waals surface area contributed by atoms with Crippen LogP contribution in [0.3, 0.4) is 0 Å². The molecule has 1 fully saturated rings. The minimum Gasteiger partial charge on any atom is -0.508 e. The van der Waals surface area contributed by atoms with Gasteiger partial charge in [0.2, 0.25) is 0 Å². The van der Waals surface area contributed by atoms with Crippen LogP contribution in [-0.4, -0.2) is 59.0 Å². The van der Waals surface area contributed by atoms with Gasteiger partial charge in [-0.25, -0.2) is 0 Å². The smallest absolute Gasteiger partial charge is 0.274 e. The number of nitrogens with one attached hydrogen (secondary N) is 1. The van der Waals surface area contributed by atoms with Gasteiger partial charge in [-0.2, -0.15) is 0 Å². The molecule has 34 heavy (non-hydrogen) atoms. The van der Waals surface area contributed by atoms with Crippen LogP contribution < -0.4 is 5.32 Å². The van der Waals surface area contributed by atoms with Gasteiger partial charge in [0.15, 0.2) is 11.5 Å². The first-order chi connectivity index (χ1) is 16.4. The van der Waals surface area contributed by atoms with Crippen LogP contribution in [0, 0.1) is 0 Å². The monoisotopic (exact) mass is 469 g/mol. The van der Waals surface area contributed by atoms with Crippen molar-refractivity contribution in [2.24, 2.45) is 0 Å². The molecule has 1 aliphatic rings. The number of carbonyl (C=O) groups excluding carboxylic acids is 1. The van der Waals surface area contributed by atoms with E-state index in [0.717, 1.165) is 44.0 Å². The molecule has 4 rings (SSSR count). The predicted molar refractivity (Wildman–Crippen MR) is 133 cm³/mol. The second-order valence-electron chi connectivity index (χ2n) is 8.76. The fraction of sp³-hybridized carbons (Fsp3) is 0.385. The zero-order valence-corrected chi connectivity index (χ0v) is 19.8. The minimum atomic E-state index is -0.354. The average Bonchev–Trinajstić information content (AvgIpc) is 3.25. The summed E-state index contributed by atoms with van der Waals surface area (Å²) in [5, 5.41) is 27.7. The highest BCUT2D eigenvalue weighted by atomic mass is 16.5. The zero-order valence-electron chi connectivity index (χ0n) is 19.8. The molecule has 0 spiro atoms. The maximum absolute atomic E-state index is 12.8. The number of rotatable bonds is 7. The van der Waals surface area contributed by atoms with E-state index in [4.69, 9.17) is 9.26 Å². The first-order valence-corrected chi connectivity index (χ1v) is 11.6. The fourth-order valence-corrected chi connectivity index (χ4v) is 4.17. The van der Waals surface area contributed by atoms with E-state index in [2.05, 4.69) is 15.4 Å². The third kappa shape index (κ3) is 4.93. The number of morpholine rings is 1. The standard InChI is InChI=1S/C26H31N3O5.2H2/c1-4-27-26(32)24-23(18-7-5-17(6-8-18)15-29-9-11-33-12-10-29)25(34-28-24)20-13-19(16(2)3)21(30)14-22(20)31;;/h5-8,13-14,16,30-31H,4,9-12,15H2,1-3H3,(H,27,32);2*1H. The molecule has 8 heteroatoms. The Morgan fingerprint density at radius 3 is 2.50 bits per heavy atom. The van der Waals surface area contributed by atoms with E-state index >= 15 is 0 Å². The first kappa shape index (κ1) is 23.8. The van der Waals surface area contributed by atoms with Gasteiger partial charge >= 0.3 is 0 Å². The molecule has 8 nitrogen and oxygen atoms in total. The van der Waals surface area contributed by atoms with Crippen molar-refractivity contribution in [3.63, 3.8) is 0 Å². The topological polar surface area (TPSA) is 108 Å².